The maximum Gasteiger partial charge on any atom is 0.265 e. The van der Waals surface area contributed by atoms with Crippen LogP contribution in [0.5, 0.6) is 11.5 Å². The van der Waals surface area contributed by atoms with Crippen LogP contribution < -0.4 is 14.8 Å². The van der Waals surface area contributed by atoms with E-state index in [1.165, 1.54) is 6.21 Å². The van der Waals surface area contributed by atoms with Crippen molar-refractivity contribution in [3.05, 3.63) is 54.1 Å². The second-order valence-electron chi connectivity index (χ2n) is 4.73. The summed E-state index contributed by atoms with van der Waals surface area (Å²) in [4.78, 5) is 16.9. The van der Waals surface area contributed by atoms with Gasteiger partial charge in [0.2, 0.25) is 0 Å². The van der Waals surface area contributed by atoms with Gasteiger partial charge in [-0.2, -0.15) is 0 Å². The number of benzene rings is 2. The van der Waals surface area contributed by atoms with Gasteiger partial charge in [-0.05, 0) is 31.2 Å². The molecule has 0 saturated carbocycles. The third kappa shape index (κ3) is 5.01. The number of amides is 1. The number of methoxy groups -OCH3 is 1. The van der Waals surface area contributed by atoms with E-state index in [4.69, 9.17) is 14.3 Å². The molecule has 0 radical (unpaired) electrons. The van der Waals surface area contributed by atoms with Crippen molar-refractivity contribution in [3.63, 3.8) is 0 Å². The molecule has 126 valence electrons. The number of hydrogen-bond acceptors (Lipinski definition) is 5. The molecule has 0 aliphatic heterocycles. The van der Waals surface area contributed by atoms with Crippen molar-refractivity contribution in [1.29, 1.82) is 0 Å². The number of nitrogens with zero attached hydrogens (tertiary/aromatic N) is 1. The second-order valence-corrected chi connectivity index (χ2v) is 4.73. The van der Waals surface area contributed by atoms with Gasteiger partial charge in [0, 0.05) is 5.56 Å². The summed E-state index contributed by atoms with van der Waals surface area (Å²) in [7, 11) is 1.58. The third-order valence-corrected chi connectivity index (χ3v) is 3.06. The monoisotopic (exact) mass is 328 g/mol. The Kier molecular flexibility index (Phi) is 6.64. The first-order valence-electron chi connectivity index (χ1n) is 7.54. The maximum absolute atomic E-state index is 11.9. The van der Waals surface area contributed by atoms with Gasteiger partial charge >= 0.3 is 0 Å². The van der Waals surface area contributed by atoms with Crippen LogP contribution in [0.4, 0.5) is 5.69 Å². The molecule has 0 fully saturated rings. The maximum atomic E-state index is 11.9. The molecule has 0 spiro atoms. The van der Waals surface area contributed by atoms with Gasteiger partial charge < -0.3 is 19.6 Å². The molecule has 0 aliphatic carbocycles. The van der Waals surface area contributed by atoms with E-state index in [0.29, 0.717) is 23.8 Å². The van der Waals surface area contributed by atoms with Crippen molar-refractivity contribution < 1.29 is 19.1 Å². The summed E-state index contributed by atoms with van der Waals surface area (Å²) in [5, 5.41) is 6.52. The van der Waals surface area contributed by atoms with E-state index < -0.39 is 0 Å². The molecule has 6 nitrogen and oxygen atoms in total. The molecule has 0 aromatic heterocycles. The summed E-state index contributed by atoms with van der Waals surface area (Å²) < 4.78 is 10.6. The zero-order valence-electron chi connectivity index (χ0n) is 13.7. The molecular weight excluding hydrogens is 308 g/mol. The highest BCUT2D eigenvalue weighted by atomic mass is 16.6. The van der Waals surface area contributed by atoms with Crippen molar-refractivity contribution in [1.82, 2.24) is 0 Å². The lowest BCUT2D eigenvalue weighted by Gasteiger charge is -2.10. The Morgan fingerprint density at radius 1 is 1.12 bits per heavy atom. The van der Waals surface area contributed by atoms with Crippen LogP contribution in [0.25, 0.3) is 0 Å². The fourth-order valence-electron chi connectivity index (χ4n) is 2.00. The highest BCUT2D eigenvalue weighted by Crippen LogP contribution is 2.23. The van der Waals surface area contributed by atoms with Crippen LogP contribution in [0.3, 0.4) is 0 Å². The van der Waals surface area contributed by atoms with Crippen LogP contribution in [0.15, 0.2) is 53.7 Å². The molecular formula is C18H20N2O4. The van der Waals surface area contributed by atoms with Crippen molar-refractivity contribution in [3.8, 4) is 11.5 Å². The average molecular weight is 328 g/mol. The van der Waals surface area contributed by atoms with E-state index in [1.807, 2.05) is 43.3 Å². The highest BCUT2D eigenvalue weighted by molar-refractivity contribution is 5.93. The Morgan fingerprint density at radius 3 is 2.58 bits per heavy atom. The summed E-state index contributed by atoms with van der Waals surface area (Å²) in [5.74, 6) is 0.977. The van der Waals surface area contributed by atoms with Gasteiger partial charge in [-0.3, -0.25) is 4.79 Å². The van der Waals surface area contributed by atoms with Gasteiger partial charge in [0.15, 0.2) is 6.61 Å². The van der Waals surface area contributed by atoms with E-state index >= 15 is 0 Å². The number of hydrogen-bond donors (Lipinski definition) is 1. The molecule has 0 atom stereocenters. The predicted molar refractivity (Wildman–Crippen MR) is 92.8 cm³/mol. The number of nitrogens with one attached hydrogen (secondary N) is 1. The minimum atomic E-state index is -0.320. The lowest BCUT2D eigenvalue weighted by Crippen LogP contribution is -2.17. The fraction of sp³-hybridized carbons (Fsp3) is 0.222. The smallest absolute Gasteiger partial charge is 0.265 e. The Morgan fingerprint density at radius 2 is 1.83 bits per heavy atom. The van der Waals surface area contributed by atoms with Gasteiger partial charge in [0.05, 0.1) is 25.6 Å². The molecule has 2 aromatic carbocycles. The minimum Gasteiger partial charge on any atom is -0.496 e. The Bertz CT molecular complexity index is 701. The van der Waals surface area contributed by atoms with E-state index in [1.54, 1.807) is 19.2 Å². The van der Waals surface area contributed by atoms with Crippen LogP contribution in [0.2, 0.25) is 0 Å². The zero-order chi connectivity index (χ0) is 17.2. The topological polar surface area (TPSA) is 69.2 Å². The molecule has 1 N–H and O–H groups in total. The second kappa shape index (κ2) is 9.19. The standard InChI is InChI=1S/C18H20N2O4/c1-3-23-17-11-7-5-9-15(17)20-18(21)13-24-19-12-14-8-4-6-10-16(14)22-2/h4-12H,3,13H2,1-2H3,(H,20,21)/b19-12-. The van der Waals surface area contributed by atoms with Crippen molar-refractivity contribution in [2.24, 2.45) is 5.16 Å². The van der Waals surface area contributed by atoms with Gasteiger partial charge in [0.1, 0.15) is 11.5 Å². The molecule has 0 unspecified atom stereocenters. The number of carbonyl (C=O) groups is 1. The van der Waals surface area contributed by atoms with Crippen LogP contribution in [0, 0.1) is 0 Å². The normalized spacial score (nSPS) is 10.4. The number of anilines is 1. The quantitative estimate of drug-likeness (QED) is 0.597. The lowest BCUT2D eigenvalue weighted by molar-refractivity contribution is -0.120. The molecule has 24 heavy (non-hydrogen) atoms. The molecule has 0 heterocycles. The molecule has 6 heteroatoms. The van der Waals surface area contributed by atoms with Crippen molar-refractivity contribution >= 4 is 17.8 Å². The van der Waals surface area contributed by atoms with Gasteiger partial charge in [-0.1, -0.05) is 29.4 Å². The van der Waals surface area contributed by atoms with Gasteiger partial charge in [-0.25, -0.2) is 0 Å². The first kappa shape index (κ1) is 17.3. The van der Waals surface area contributed by atoms with Gasteiger partial charge in [0.25, 0.3) is 5.91 Å². The molecule has 0 bridgehead atoms. The SMILES string of the molecule is CCOc1ccccc1NC(=O)CO/N=C\c1ccccc1OC. The van der Waals surface area contributed by atoms with Gasteiger partial charge in [-0.15, -0.1) is 0 Å². The first-order valence-corrected chi connectivity index (χ1v) is 7.54. The summed E-state index contributed by atoms with van der Waals surface area (Å²) in [6.45, 7) is 2.20. The number of carbonyl (C=O) groups excluding carboxylic acids is 1. The van der Waals surface area contributed by atoms with Crippen molar-refractivity contribution in [2.45, 2.75) is 6.92 Å². The summed E-state index contributed by atoms with van der Waals surface area (Å²) in [6.07, 6.45) is 1.50. The minimum absolute atomic E-state index is 0.202. The number of para-hydroxylation sites is 3. The van der Waals surface area contributed by atoms with E-state index in [-0.39, 0.29) is 12.5 Å². The van der Waals surface area contributed by atoms with E-state index in [2.05, 4.69) is 10.5 Å². The number of oxime groups is 1. The number of ether oxygens (including phenoxy) is 2. The first-order chi connectivity index (χ1) is 11.7. The van der Waals surface area contributed by atoms with Crippen LogP contribution >= 0.6 is 0 Å². The van der Waals surface area contributed by atoms with Crippen LogP contribution in [-0.2, 0) is 9.63 Å². The highest BCUT2D eigenvalue weighted by Gasteiger charge is 2.07. The molecule has 2 rings (SSSR count). The summed E-state index contributed by atoms with van der Waals surface area (Å²) in [6, 6.07) is 14.6. The third-order valence-electron chi connectivity index (χ3n) is 3.06. The Balaban J connectivity index is 1.86. The summed E-state index contributed by atoms with van der Waals surface area (Å²) >= 11 is 0. The molecule has 1 amide bonds. The van der Waals surface area contributed by atoms with Crippen LogP contribution in [-0.4, -0.2) is 32.4 Å². The molecule has 2 aromatic rings. The van der Waals surface area contributed by atoms with E-state index in [0.717, 1.165) is 5.56 Å². The zero-order valence-corrected chi connectivity index (χ0v) is 13.7. The molecule has 0 saturated heterocycles. The largest absolute Gasteiger partial charge is 0.496 e. The van der Waals surface area contributed by atoms with Crippen molar-refractivity contribution in [2.75, 3.05) is 25.6 Å². The predicted octanol–water partition coefficient (Wildman–Crippen LogP) is 3.08. The lowest BCUT2D eigenvalue weighted by atomic mass is 10.2. The summed E-state index contributed by atoms with van der Waals surface area (Å²) in [5.41, 5.74) is 1.36. The van der Waals surface area contributed by atoms with Crippen LogP contribution in [0.1, 0.15) is 12.5 Å². The number of rotatable bonds is 8. The van der Waals surface area contributed by atoms with E-state index in [9.17, 15) is 4.79 Å². The Hall–Kier alpha value is -3.02. The Labute approximate surface area is 141 Å². The molecule has 0 aliphatic rings. The fourth-order valence-corrected chi connectivity index (χ4v) is 2.00. The average Bonchev–Trinajstić information content (AvgIpc) is 2.61.